The number of halogens is 1. The zero-order valence-corrected chi connectivity index (χ0v) is 18.0. The van der Waals surface area contributed by atoms with Crippen LogP contribution in [0.25, 0.3) is 0 Å². The van der Waals surface area contributed by atoms with Crippen LogP contribution in [-0.4, -0.2) is 41.3 Å². The number of aliphatic hydroxyl groups excluding tert-OH is 1. The van der Waals surface area contributed by atoms with Crippen LogP contribution in [-0.2, 0) is 22.4 Å². The Balaban J connectivity index is 2.22. The third-order valence-corrected chi connectivity index (χ3v) is 4.42. The van der Waals surface area contributed by atoms with Gasteiger partial charge in [0.2, 0.25) is 0 Å². The molecule has 1 atom stereocenters. The van der Waals surface area contributed by atoms with Crippen LogP contribution in [0.5, 0.6) is 0 Å². The highest BCUT2D eigenvalue weighted by molar-refractivity contribution is 5.98. The third-order valence-electron chi connectivity index (χ3n) is 4.42. The molecule has 0 radical (unpaired) electrons. The summed E-state index contributed by atoms with van der Waals surface area (Å²) in [6.45, 7) is 7.46. The zero-order valence-electron chi connectivity index (χ0n) is 18.0. The van der Waals surface area contributed by atoms with Crippen molar-refractivity contribution in [2.24, 2.45) is 0 Å². The molecule has 2 rings (SSSR count). The summed E-state index contributed by atoms with van der Waals surface area (Å²) >= 11 is 0. The second-order valence-electron chi connectivity index (χ2n) is 7.88. The number of rotatable bonds is 8. The largest absolute Gasteiger partial charge is 0.465 e. The molecule has 0 spiro atoms. The molecule has 30 heavy (non-hydrogen) atoms. The van der Waals surface area contributed by atoms with Gasteiger partial charge in [-0.25, -0.2) is 14.0 Å². The van der Waals surface area contributed by atoms with E-state index in [1.54, 1.807) is 20.8 Å². The van der Waals surface area contributed by atoms with Gasteiger partial charge >= 0.3 is 11.9 Å². The molecule has 1 aromatic carbocycles. The lowest BCUT2D eigenvalue weighted by Crippen LogP contribution is -2.25. The number of carbonyl (C=O) groups is 2. The lowest BCUT2D eigenvalue weighted by molar-refractivity contribution is 0.00621. The summed E-state index contributed by atoms with van der Waals surface area (Å²) in [5.74, 6) is -1.49. The Bertz CT molecular complexity index is 884. The molecule has 0 saturated carbocycles. The predicted octanol–water partition coefficient (Wildman–Crippen LogP) is 3.28. The predicted molar refractivity (Wildman–Crippen MR) is 110 cm³/mol. The molecule has 1 heterocycles. The van der Waals surface area contributed by atoms with Gasteiger partial charge in [-0.05, 0) is 50.5 Å². The molecule has 0 aliphatic heterocycles. The minimum absolute atomic E-state index is 0.161. The van der Waals surface area contributed by atoms with Crippen molar-refractivity contribution in [3.63, 3.8) is 0 Å². The number of nitrogens with one attached hydrogen (secondary N) is 2. The average molecular weight is 420 g/mol. The molecule has 0 bridgehead atoms. The number of hydrogen-bond donors (Lipinski definition) is 3. The van der Waals surface area contributed by atoms with Crippen LogP contribution in [0.3, 0.4) is 0 Å². The maximum absolute atomic E-state index is 13.0. The molecular formula is C22H29FN2O5. The van der Waals surface area contributed by atoms with Gasteiger partial charge in [0, 0.05) is 18.8 Å². The lowest BCUT2D eigenvalue weighted by Gasteiger charge is -2.19. The molecule has 0 saturated heterocycles. The summed E-state index contributed by atoms with van der Waals surface area (Å²) in [6.07, 6.45) is -0.439. The number of methoxy groups -OCH3 is 1. The molecule has 0 aliphatic carbocycles. The first kappa shape index (κ1) is 23.6. The van der Waals surface area contributed by atoms with E-state index in [1.165, 1.54) is 31.4 Å². The highest BCUT2D eigenvalue weighted by Crippen LogP contribution is 2.24. The quantitative estimate of drug-likeness (QED) is 0.567. The minimum Gasteiger partial charge on any atom is -0.465 e. The fourth-order valence-corrected chi connectivity index (χ4v) is 3.07. The Morgan fingerprint density at radius 1 is 1.20 bits per heavy atom. The number of H-pyrrole nitrogens is 1. The molecule has 2 aromatic rings. The summed E-state index contributed by atoms with van der Waals surface area (Å²) in [5, 5.41) is 13.3. The molecule has 1 unspecified atom stereocenters. The van der Waals surface area contributed by atoms with E-state index in [0.717, 1.165) is 0 Å². The fraction of sp³-hybridized carbons (Fsp3) is 0.455. The SMILES string of the molecule is CCc1c(C(=O)OC(C)(C)C)[nH]c(CNCC(O)c2ccc(F)cc2)c1C(=O)OC. The monoisotopic (exact) mass is 420 g/mol. The number of esters is 2. The first-order valence-corrected chi connectivity index (χ1v) is 9.77. The van der Waals surface area contributed by atoms with Crippen LogP contribution < -0.4 is 5.32 Å². The highest BCUT2D eigenvalue weighted by atomic mass is 19.1. The van der Waals surface area contributed by atoms with Crippen molar-refractivity contribution in [3.05, 3.63) is 58.2 Å². The number of aromatic amines is 1. The summed E-state index contributed by atoms with van der Waals surface area (Å²) in [6, 6.07) is 5.57. The highest BCUT2D eigenvalue weighted by Gasteiger charge is 2.28. The number of carbonyl (C=O) groups excluding carboxylic acids is 2. The lowest BCUT2D eigenvalue weighted by atomic mass is 10.1. The normalized spacial score (nSPS) is 12.5. The van der Waals surface area contributed by atoms with E-state index in [9.17, 15) is 19.1 Å². The maximum Gasteiger partial charge on any atom is 0.355 e. The van der Waals surface area contributed by atoms with Gasteiger partial charge in [-0.1, -0.05) is 19.1 Å². The van der Waals surface area contributed by atoms with E-state index in [4.69, 9.17) is 9.47 Å². The van der Waals surface area contributed by atoms with Crippen molar-refractivity contribution in [1.29, 1.82) is 0 Å². The number of hydrogen-bond acceptors (Lipinski definition) is 6. The molecule has 1 aromatic heterocycles. The molecular weight excluding hydrogens is 391 g/mol. The molecule has 8 heteroatoms. The van der Waals surface area contributed by atoms with E-state index in [0.29, 0.717) is 23.2 Å². The summed E-state index contributed by atoms with van der Waals surface area (Å²) < 4.78 is 23.4. The molecule has 0 aliphatic rings. The fourth-order valence-electron chi connectivity index (χ4n) is 3.07. The molecule has 0 amide bonds. The smallest absolute Gasteiger partial charge is 0.355 e. The maximum atomic E-state index is 13.0. The van der Waals surface area contributed by atoms with Crippen LogP contribution in [0.2, 0.25) is 0 Å². The average Bonchev–Trinajstić information content (AvgIpc) is 3.05. The van der Waals surface area contributed by atoms with Crippen LogP contribution in [0.4, 0.5) is 4.39 Å². The van der Waals surface area contributed by atoms with E-state index in [2.05, 4.69) is 10.3 Å². The Kier molecular flexibility index (Phi) is 7.75. The molecule has 3 N–H and O–H groups in total. The van der Waals surface area contributed by atoms with Crippen LogP contribution in [0, 0.1) is 5.82 Å². The van der Waals surface area contributed by atoms with E-state index >= 15 is 0 Å². The van der Waals surface area contributed by atoms with Crippen molar-refractivity contribution in [1.82, 2.24) is 10.3 Å². The second kappa shape index (κ2) is 9.86. The van der Waals surface area contributed by atoms with Gasteiger partial charge in [0.15, 0.2) is 0 Å². The summed E-state index contributed by atoms with van der Waals surface area (Å²) in [4.78, 5) is 28.0. The van der Waals surface area contributed by atoms with Crippen molar-refractivity contribution in [3.8, 4) is 0 Å². The second-order valence-corrected chi connectivity index (χ2v) is 7.88. The Hall–Kier alpha value is -2.71. The number of aliphatic hydroxyl groups is 1. The Labute approximate surface area is 175 Å². The van der Waals surface area contributed by atoms with Crippen LogP contribution in [0.15, 0.2) is 24.3 Å². The van der Waals surface area contributed by atoms with Crippen LogP contribution in [0.1, 0.15) is 71.5 Å². The van der Waals surface area contributed by atoms with Crippen LogP contribution >= 0.6 is 0 Å². The first-order chi connectivity index (χ1) is 14.1. The van der Waals surface area contributed by atoms with Gasteiger partial charge < -0.3 is 24.9 Å². The minimum atomic E-state index is -0.863. The standard InChI is InChI=1S/C22H29FN2O5/c1-6-15-18(20(27)29-5)16(25-19(15)21(28)30-22(2,3)4)11-24-12-17(26)13-7-9-14(23)10-8-13/h7-10,17,24-26H,6,11-12H2,1-5H3. The summed E-state index contributed by atoms with van der Waals surface area (Å²) in [7, 11) is 1.28. The number of aromatic nitrogens is 1. The Morgan fingerprint density at radius 2 is 1.83 bits per heavy atom. The topological polar surface area (TPSA) is 101 Å². The van der Waals surface area contributed by atoms with Gasteiger partial charge in [-0.15, -0.1) is 0 Å². The van der Waals surface area contributed by atoms with Gasteiger partial charge in [-0.2, -0.15) is 0 Å². The number of benzene rings is 1. The summed E-state index contributed by atoms with van der Waals surface area (Å²) in [5.41, 5.74) is 1.36. The molecule has 164 valence electrons. The number of ether oxygens (including phenoxy) is 2. The first-order valence-electron chi connectivity index (χ1n) is 9.77. The van der Waals surface area contributed by atoms with Gasteiger partial charge in [-0.3, -0.25) is 0 Å². The van der Waals surface area contributed by atoms with E-state index in [1.807, 2.05) is 6.92 Å². The van der Waals surface area contributed by atoms with Crippen molar-refractivity contribution in [2.45, 2.75) is 52.4 Å². The van der Waals surface area contributed by atoms with Crippen molar-refractivity contribution < 1.29 is 28.6 Å². The Morgan fingerprint density at radius 3 is 2.37 bits per heavy atom. The van der Waals surface area contributed by atoms with Gasteiger partial charge in [0.25, 0.3) is 0 Å². The third kappa shape index (κ3) is 5.90. The van der Waals surface area contributed by atoms with Crippen molar-refractivity contribution >= 4 is 11.9 Å². The molecule has 0 fully saturated rings. The zero-order chi connectivity index (χ0) is 22.5. The van der Waals surface area contributed by atoms with E-state index < -0.39 is 23.6 Å². The van der Waals surface area contributed by atoms with Gasteiger partial charge in [0.1, 0.15) is 17.1 Å². The van der Waals surface area contributed by atoms with Gasteiger partial charge in [0.05, 0.1) is 18.8 Å². The van der Waals surface area contributed by atoms with E-state index in [-0.39, 0.29) is 30.2 Å². The molecule has 7 nitrogen and oxygen atoms in total. The van der Waals surface area contributed by atoms with Crippen molar-refractivity contribution in [2.75, 3.05) is 13.7 Å².